The molecule has 0 amide bonds. The molecule has 2 rings (SSSR count). The van der Waals surface area contributed by atoms with Crippen LogP contribution in [0.3, 0.4) is 0 Å². The van der Waals surface area contributed by atoms with Crippen molar-refractivity contribution in [2.24, 2.45) is 11.3 Å². The van der Waals surface area contributed by atoms with Crippen LogP contribution < -0.4 is 5.06 Å². The van der Waals surface area contributed by atoms with Crippen molar-refractivity contribution in [3.05, 3.63) is 5.21 Å². The molecular formula is C17H33NO3. The van der Waals surface area contributed by atoms with Crippen LogP contribution in [0.15, 0.2) is 0 Å². The lowest BCUT2D eigenvalue weighted by Gasteiger charge is -2.64. The van der Waals surface area contributed by atoms with Crippen LogP contribution >= 0.6 is 0 Å². The molecule has 0 saturated carbocycles. The highest BCUT2D eigenvalue weighted by molar-refractivity contribution is 5.01. The van der Waals surface area contributed by atoms with Crippen LogP contribution in [-0.2, 0) is 9.47 Å². The predicted molar refractivity (Wildman–Crippen MR) is 83.9 cm³/mol. The van der Waals surface area contributed by atoms with E-state index in [2.05, 4.69) is 48.5 Å². The number of hydroxylamine groups is 2. The lowest BCUT2D eigenvalue weighted by Crippen LogP contribution is -3.25. The molecule has 0 aliphatic carbocycles. The highest BCUT2D eigenvalue weighted by atomic mass is 16.7. The van der Waals surface area contributed by atoms with Gasteiger partial charge in [0.15, 0.2) is 5.79 Å². The molecule has 0 aromatic carbocycles. The molecule has 0 aromatic heterocycles. The zero-order valence-corrected chi connectivity index (χ0v) is 14.8. The molecule has 4 heteroatoms. The topological polar surface area (TPSA) is 46.0 Å². The lowest BCUT2D eigenvalue weighted by molar-refractivity contribution is -0.970. The van der Waals surface area contributed by atoms with Gasteiger partial charge in [0.2, 0.25) is 0 Å². The number of ether oxygens (including phenoxy) is 2. The Hall–Kier alpha value is -0.160. The molecular weight excluding hydrogens is 266 g/mol. The minimum atomic E-state index is -0.598. The third kappa shape index (κ3) is 2.54. The zero-order valence-electron chi connectivity index (χ0n) is 14.8. The second-order valence-electron chi connectivity index (χ2n) is 8.47. The van der Waals surface area contributed by atoms with Gasteiger partial charge in [-0.1, -0.05) is 34.6 Å². The van der Waals surface area contributed by atoms with Gasteiger partial charge in [-0.05, 0) is 26.7 Å². The van der Waals surface area contributed by atoms with E-state index in [1.807, 2.05) is 0 Å². The van der Waals surface area contributed by atoms with Gasteiger partial charge in [0.25, 0.3) is 0 Å². The molecule has 2 heterocycles. The van der Waals surface area contributed by atoms with Crippen molar-refractivity contribution in [3.8, 4) is 0 Å². The van der Waals surface area contributed by atoms with E-state index in [1.54, 1.807) is 0 Å². The molecule has 0 radical (unpaired) electrons. The van der Waals surface area contributed by atoms with Crippen molar-refractivity contribution in [2.45, 2.75) is 84.6 Å². The summed E-state index contributed by atoms with van der Waals surface area (Å²) in [7, 11) is 0. The quantitative estimate of drug-likeness (QED) is 0.797. The number of rotatable bonds is 2. The number of quaternary nitrogens is 1. The fraction of sp³-hybridized carbons (Fsp3) is 1.00. The van der Waals surface area contributed by atoms with E-state index in [1.165, 1.54) is 0 Å². The summed E-state index contributed by atoms with van der Waals surface area (Å²) in [4.78, 5) is 0. The van der Waals surface area contributed by atoms with E-state index < -0.39 is 5.79 Å². The summed E-state index contributed by atoms with van der Waals surface area (Å²) in [5.74, 6) is -0.517. The molecule has 2 aliphatic rings. The van der Waals surface area contributed by atoms with Crippen molar-refractivity contribution in [3.63, 3.8) is 0 Å². The first-order valence-electron chi connectivity index (χ1n) is 8.38. The van der Waals surface area contributed by atoms with E-state index in [9.17, 15) is 5.21 Å². The van der Waals surface area contributed by atoms with Gasteiger partial charge < -0.3 is 19.7 Å². The Morgan fingerprint density at radius 2 is 1.57 bits per heavy atom. The van der Waals surface area contributed by atoms with Crippen LogP contribution in [0.1, 0.15) is 67.7 Å². The molecule has 1 N–H and O–H groups in total. The molecule has 2 fully saturated rings. The van der Waals surface area contributed by atoms with Gasteiger partial charge in [0.05, 0.1) is 31.1 Å². The molecule has 2 saturated heterocycles. The Morgan fingerprint density at radius 3 is 2.00 bits per heavy atom. The number of hydrogen-bond acceptors (Lipinski definition) is 3. The zero-order chi connectivity index (χ0) is 16.1. The van der Waals surface area contributed by atoms with E-state index >= 15 is 0 Å². The summed E-state index contributed by atoms with van der Waals surface area (Å²) in [6.07, 6.45) is 2.36. The standard InChI is InChI=1S/C17H33NO3/c1-8-15(6)10-17(20-11-14(4,5)12-21-17)13(3)16(7,9-2)18(15)19/h13,18H,8-12H2,1-7H3. The molecule has 0 aromatic rings. The van der Waals surface area contributed by atoms with Crippen LogP contribution in [-0.4, -0.2) is 30.1 Å². The smallest absolute Gasteiger partial charge is 0.182 e. The molecule has 1 spiro atoms. The first-order chi connectivity index (χ1) is 9.55. The van der Waals surface area contributed by atoms with Crippen LogP contribution in [0.5, 0.6) is 0 Å². The number of nitrogens with one attached hydrogen (secondary N) is 1. The Bertz CT molecular complexity index is 387. The Kier molecular flexibility index (Phi) is 4.25. The Morgan fingerprint density at radius 1 is 1.05 bits per heavy atom. The van der Waals surface area contributed by atoms with Gasteiger partial charge in [-0.25, -0.2) is 0 Å². The Labute approximate surface area is 129 Å². The molecule has 124 valence electrons. The Balaban J connectivity index is 2.39. The van der Waals surface area contributed by atoms with E-state index in [-0.39, 0.29) is 22.4 Å². The van der Waals surface area contributed by atoms with Crippen LogP contribution in [0, 0.1) is 16.5 Å². The van der Waals surface area contributed by atoms with Gasteiger partial charge in [-0.2, -0.15) is 0 Å². The van der Waals surface area contributed by atoms with E-state index in [0.29, 0.717) is 24.7 Å². The summed E-state index contributed by atoms with van der Waals surface area (Å²) in [5.41, 5.74) is -0.666. The van der Waals surface area contributed by atoms with Crippen LogP contribution in [0.25, 0.3) is 0 Å². The predicted octanol–water partition coefficient (Wildman–Crippen LogP) is 2.52. The second kappa shape index (κ2) is 5.19. The SMILES string of the molecule is CCC1(C)CC2(OCC(C)(C)CO2)C(C)C(C)(CC)[NH+]1[O-]. The molecule has 2 aliphatic heterocycles. The molecule has 21 heavy (non-hydrogen) atoms. The minimum Gasteiger partial charge on any atom is -0.634 e. The largest absolute Gasteiger partial charge is 0.634 e. The molecule has 4 unspecified atom stereocenters. The van der Waals surface area contributed by atoms with Crippen molar-refractivity contribution >= 4 is 0 Å². The fourth-order valence-electron chi connectivity index (χ4n) is 3.97. The lowest BCUT2D eigenvalue weighted by atomic mass is 9.67. The normalized spacial score (nSPS) is 45.7. The van der Waals surface area contributed by atoms with Crippen molar-refractivity contribution < 1.29 is 14.5 Å². The van der Waals surface area contributed by atoms with Crippen LogP contribution in [0.2, 0.25) is 0 Å². The molecule has 4 nitrogen and oxygen atoms in total. The first-order valence-corrected chi connectivity index (χ1v) is 8.38. The summed E-state index contributed by atoms with van der Waals surface area (Å²) >= 11 is 0. The highest BCUT2D eigenvalue weighted by Gasteiger charge is 2.63. The average molecular weight is 299 g/mol. The van der Waals surface area contributed by atoms with Crippen LogP contribution in [0.4, 0.5) is 0 Å². The van der Waals surface area contributed by atoms with Gasteiger partial charge in [0.1, 0.15) is 5.54 Å². The average Bonchev–Trinajstić information content (AvgIpc) is 2.46. The highest BCUT2D eigenvalue weighted by Crippen LogP contribution is 2.46. The maximum Gasteiger partial charge on any atom is 0.182 e. The summed E-state index contributed by atoms with van der Waals surface area (Å²) in [6, 6.07) is 0. The third-order valence-electron chi connectivity index (χ3n) is 6.25. The van der Waals surface area contributed by atoms with Crippen molar-refractivity contribution in [1.29, 1.82) is 0 Å². The fourth-order valence-corrected chi connectivity index (χ4v) is 3.97. The van der Waals surface area contributed by atoms with Gasteiger partial charge >= 0.3 is 0 Å². The maximum atomic E-state index is 13.1. The van der Waals surface area contributed by atoms with Crippen molar-refractivity contribution in [1.82, 2.24) is 0 Å². The second-order valence-corrected chi connectivity index (χ2v) is 8.47. The van der Waals surface area contributed by atoms with Gasteiger partial charge in [0, 0.05) is 5.41 Å². The summed E-state index contributed by atoms with van der Waals surface area (Å²) < 4.78 is 12.6. The third-order valence-corrected chi connectivity index (χ3v) is 6.25. The van der Waals surface area contributed by atoms with E-state index in [0.717, 1.165) is 12.8 Å². The number of piperidine rings is 1. The van der Waals surface area contributed by atoms with Gasteiger partial charge in [-0.15, -0.1) is 0 Å². The first kappa shape index (κ1) is 17.2. The van der Waals surface area contributed by atoms with E-state index in [4.69, 9.17) is 9.47 Å². The molecule has 0 bridgehead atoms. The number of hydrogen-bond donors (Lipinski definition) is 1. The minimum absolute atomic E-state index is 0.0532. The molecule has 4 atom stereocenters. The maximum absolute atomic E-state index is 13.1. The van der Waals surface area contributed by atoms with Gasteiger partial charge in [-0.3, -0.25) is 0 Å². The summed E-state index contributed by atoms with van der Waals surface area (Å²) in [6.45, 7) is 16.3. The summed E-state index contributed by atoms with van der Waals surface area (Å²) in [5, 5.41) is 13.5. The monoisotopic (exact) mass is 299 g/mol. The van der Waals surface area contributed by atoms with Crippen molar-refractivity contribution in [2.75, 3.05) is 13.2 Å².